The molecule has 1 N–H and O–H groups in total. The minimum atomic E-state index is -0.775. The fourth-order valence-electron chi connectivity index (χ4n) is 12.3. The minimum absolute atomic E-state index is 0.0624. The summed E-state index contributed by atoms with van der Waals surface area (Å²) in [5, 5.41) is 9.73. The van der Waals surface area contributed by atoms with Gasteiger partial charge in [0.25, 0.3) is 0 Å². The van der Waals surface area contributed by atoms with E-state index in [9.17, 15) is 14.7 Å². The Hall–Kier alpha value is -3.18. The van der Waals surface area contributed by atoms with Crippen molar-refractivity contribution in [1.29, 1.82) is 0 Å². The number of carbonyl (C=O) groups is 2. The first-order valence-electron chi connectivity index (χ1n) is 40.8. The molecular weight excluding hydrogens is 1120 g/mol. The van der Waals surface area contributed by atoms with Crippen LogP contribution in [0.5, 0.6) is 0 Å². The molecule has 0 amide bonds. The van der Waals surface area contributed by atoms with E-state index < -0.39 is 6.10 Å². The van der Waals surface area contributed by atoms with Crippen molar-refractivity contribution in [3.05, 3.63) is 97.2 Å². The fraction of sp³-hybridized carbons (Fsp3) is 0.793. The smallest absolute Gasteiger partial charge is 0.306 e. The Morgan fingerprint density at radius 1 is 0.261 bits per heavy atom. The average Bonchev–Trinajstić information content (AvgIpc) is 3.70. The normalized spacial score (nSPS) is 12.7. The number of rotatable bonds is 76. The van der Waals surface area contributed by atoms with Crippen molar-refractivity contribution in [3.8, 4) is 0 Å². The number of hydrogen-bond donors (Lipinski definition) is 1. The summed E-state index contributed by atoms with van der Waals surface area (Å²) in [4.78, 5) is 24.7. The molecule has 0 spiro atoms. The average molecular weight is 1280 g/mol. The Morgan fingerprint density at radius 2 is 0.467 bits per heavy atom. The maximum atomic E-state index is 12.4. The number of carbonyl (C=O) groups excluding carboxylic acids is 2. The Kier molecular flexibility index (Phi) is 79.2. The van der Waals surface area contributed by atoms with E-state index in [0.717, 1.165) is 83.5 Å². The van der Waals surface area contributed by atoms with Gasteiger partial charge in [-0.1, -0.05) is 413 Å². The number of unbranched alkanes of at least 4 members (excludes halogenated alkanes) is 52. The molecule has 0 aliphatic carbocycles. The maximum Gasteiger partial charge on any atom is 0.306 e. The highest BCUT2D eigenvalue weighted by Gasteiger charge is 2.16. The van der Waals surface area contributed by atoms with Crippen molar-refractivity contribution in [2.75, 3.05) is 13.2 Å². The number of hydrogen-bond acceptors (Lipinski definition) is 5. The van der Waals surface area contributed by atoms with E-state index >= 15 is 0 Å². The molecule has 0 bridgehead atoms. The van der Waals surface area contributed by atoms with Crippen molar-refractivity contribution in [2.45, 2.75) is 431 Å². The van der Waals surface area contributed by atoms with Crippen LogP contribution in [-0.4, -0.2) is 36.4 Å². The third-order valence-electron chi connectivity index (χ3n) is 18.4. The molecule has 1 atom stereocenters. The second-order valence-electron chi connectivity index (χ2n) is 27.5. The van der Waals surface area contributed by atoms with Gasteiger partial charge >= 0.3 is 11.9 Å². The topological polar surface area (TPSA) is 72.8 Å². The van der Waals surface area contributed by atoms with Gasteiger partial charge in [-0.05, 0) is 96.3 Å². The van der Waals surface area contributed by atoms with Gasteiger partial charge in [-0.2, -0.15) is 0 Å². The molecule has 0 aromatic heterocycles. The predicted molar refractivity (Wildman–Crippen MR) is 408 cm³/mol. The predicted octanol–water partition coefficient (Wildman–Crippen LogP) is 28.9. The molecule has 0 heterocycles. The molecule has 0 saturated carbocycles. The van der Waals surface area contributed by atoms with E-state index in [1.54, 1.807) is 0 Å². The van der Waals surface area contributed by atoms with Crippen LogP contribution in [0, 0.1) is 0 Å². The Labute approximate surface area is 574 Å². The van der Waals surface area contributed by atoms with Crippen LogP contribution in [0.1, 0.15) is 425 Å². The molecule has 1 unspecified atom stereocenters. The van der Waals surface area contributed by atoms with Gasteiger partial charge in [0.05, 0.1) is 6.61 Å². The quantitative estimate of drug-likeness (QED) is 0.0373. The molecule has 0 fully saturated rings. The van der Waals surface area contributed by atoms with Crippen molar-refractivity contribution < 1.29 is 24.2 Å². The molecule has 0 radical (unpaired) electrons. The number of aliphatic hydroxyl groups is 1. The monoisotopic (exact) mass is 1280 g/mol. The lowest BCUT2D eigenvalue weighted by Gasteiger charge is -2.15. The molecule has 0 saturated heterocycles. The second kappa shape index (κ2) is 82.1. The number of ether oxygens (including phenoxy) is 2. The largest absolute Gasteiger partial charge is 0.462 e. The summed E-state index contributed by atoms with van der Waals surface area (Å²) < 4.78 is 10.8. The molecule has 5 heteroatoms. The van der Waals surface area contributed by atoms with Gasteiger partial charge in [0.15, 0.2) is 6.10 Å². The summed E-state index contributed by atoms with van der Waals surface area (Å²) >= 11 is 0. The highest BCUT2D eigenvalue weighted by atomic mass is 16.6. The lowest BCUT2D eigenvalue weighted by molar-refractivity contribution is -0.161. The van der Waals surface area contributed by atoms with Crippen LogP contribution in [0.15, 0.2) is 97.2 Å². The first kappa shape index (κ1) is 88.8. The zero-order valence-corrected chi connectivity index (χ0v) is 61.6. The molecular formula is C87H156O5. The van der Waals surface area contributed by atoms with Crippen molar-refractivity contribution >= 4 is 11.9 Å². The molecule has 0 rings (SSSR count). The molecule has 534 valence electrons. The van der Waals surface area contributed by atoms with E-state index in [1.165, 1.54) is 315 Å². The standard InChI is InChI=1S/C87H156O5/c1-3-5-7-9-11-13-15-17-19-21-23-25-27-29-31-33-35-37-39-41-42-43-44-46-47-49-51-53-55-57-59-61-63-65-67-69-71-73-75-77-79-81-86(89)91-84-85(83-88)92-87(90)82-80-78-76-74-72-70-68-66-64-62-60-58-56-54-52-50-48-45-40-38-36-34-32-30-28-26-24-22-20-18-16-14-12-10-8-6-4-2/h6,8,12,14-15,17-18,20-21,23-24,26,30,32,36,38,85,88H,3-5,7,9-11,13,16,19,22,25,27-29,31,33-35,37,39-84H2,1-2H3/b8-6-,14-12-,17-15-,20-18-,23-21-,26-24-,32-30-,38-36-. The van der Waals surface area contributed by atoms with Gasteiger partial charge in [-0.3, -0.25) is 9.59 Å². The van der Waals surface area contributed by atoms with E-state index in [4.69, 9.17) is 9.47 Å². The first-order chi connectivity index (χ1) is 45.6. The Balaban J connectivity index is 3.39. The van der Waals surface area contributed by atoms with Crippen LogP contribution < -0.4 is 0 Å². The zero-order valence-electron chi connectivity index (χ0n) is 61.6. The van der Waals surface area contributed by atoms with E-state index in [1.807, 2.05) is 0 Å². The summed E-state index contributed by atoms with van der Waals surface area (Å²) in [6.45, 7) is 4.07. The van der Waals surface area contributed by atoms with Gasteiger partial charge in [0.2, 0.25) is 0 Å². The molecule has 0 aliphatic heterocycles. The molecule has 0 aromatic rings. The van der Waals surface area contributed by atoms with Crippen LogP contribution in [0.3, 0.4) is 0 Å². The SMILES string of the molecule is CC/C=C\C/C=C\C/C=C\C/C=C\C/C=C\C/C=C\CCCCCCCCCCCCCCCCCCCCC(=O)OC(CO)COC(=O)CCCCCCCCCCCCCCCCCCCCCCCCCCCCCCC/C=C\C/C=C\CCCCCCC. The number of allylic oxidation sites excluding steroid dienone is 16. The van der Waals surface area contributed by atoms with Gasteiger partial charge in [0, 0.05) is 12.8 Å². The minimum Gasteiger partial charge on any atom is -0.462 e. The summed E-state index contributed by atoms with van der Waals surface area (Å²) in [5.74, 6) is -0.569. The van der Waals surface area contributed by atoms with Crippen molar-refractivity contribution in [2.24, 2.45) is 0 Å². The third kappa shape index (κ3) is 79.3. The van der Waals surface area contributed by atoms with Gasteiger partial charge in [-0.15, -0.1) is 0 Å². The Bertz CT molecular complexity index is 1700. The first-order valence-corrected chi connectivity index (χ1v) is 40.8. The number of esters is 2. The molecule has 92 heavy (non-hydrogen) atoms. The van der Waals surface area contributed by atoms with Gasteiger partial charge in [-0.25, -0.2) is 0 Å². The van der Waals surface area contributed by atoms with Gasteiger partial charge in [0.1, 0.15) is 6.61 Å². The molecule has 5 nitrogen and oxygen atoms in total. The van der Waals surface area contributed by atoms with Crippen molar-refractivity contribution in [1.82, 2.24) is 0 Å². The summed E-state index contributed by atoms with van der Waals surface area (Å²) in [7, 11) is 0. The lowest BCUT2D eigenvalue weighted by atomic mass is 10.0. The van der Waals surface area contributed by atoms with Crippen molar-refractivity contribution in [3.63, 3.8) is 0 Å². The third-order valence-corrected chi connectivity index (χ3v) is 18.4. The maximum absolute atomic E-state index is 12.4. The molecule has 0 aliphatic rings. The van der Waals surface area contributed by atoms with Crippen LogP contribution in [0.4, 0.5) is 0 Å². The van der Waals surface area contributed by atoms with Crippen LogP contribution in [0.2, 0.25) is 0 Å². The highest BCUT2D eigenvalue weighted by Crippen LogP contribution is 2.20. The van der Waals surface area contributed by atoms with Crippen LogP contribution in [-0.2, 0) is 19.1 Å². The van der Waals surface area contributed by atoms with Crippen LogP contribution >= 0.6 is 0 Å². The summed E-state index contributed by atoms with van der Waals surface area (Å²) in [5.41, 5.74) is 0. The van der Waals surface area contributed by atoms with E-state index in [2.05, 4.69) is 111 Å². The lowest BCUT2D eigenvalue weighted by Crippen LogP contribution is -2.28. The van der Waals surface area contributed by atoms with E-state index in [0.29, 0.717) is 12.8 Å². The van der Waals surface area contributed by atoms with E-state index in [-0.39, 0.29) is 25.2 Å². The Morgan fingerprint density at radius 3 is 0.707 bits per heavy atom. The second-order valence-corrected chi connectivity index (χ2v) is 27.5. The highest BCUT2D eigenvalue weighted by molar-refractivity contribution is 5.70. The summed E-state index contributed by atoms with van der Waals surface area (Å²) in [6, 6.07) is 0. The zero-order chi connectivity index (χ0) is 66.1. The van der Waals surface area contributed by atoms with Crippen LogP contribution in [0.25, 0.3) is 0 Å². The summed E-state index contributed by atoms with van der Waals surface area (Å²) in [6.07, 6.45) is 118. The van der Waals surface area contributed by atoms with Gasteiger partial charge < -0.3 is 14.6 Å². The fourth-order valence-corrected chi connectivity index (χ4v) is 12.3. The number of aliphatic hydroxyl groups excluding tert-OH is 1. The molecule has 0 aromatic carbocycles.